The quantitative estimate of drug-likeness (QED) is 0.775. The van der Waals surface area contributed by atoms with E-state index in [1.54, 1.807) is 24.3 Å². The molecular weight excluding hydrogens is 268 g/mol. The van der Waals surface area contributed by atoms with Gasteiger partial charge >= 0.3 is 0 Å². The zero-order valence-electron chi connectivity index (χ0n) is 12.3. The molecule has 1 aromatic carbocycles. The molecule has 1 aliphatic rings. The van der Waals surface area contributed by atoms with E-state index in [1.165, 1.54) is 0 Å². The maximum absolute atomic E-state index is 12.1. The summed E-state index contributed by atoms with van der Waals surface area (Å²) in [6.07, 6.45) is 2.59. The molecule has 0 heterocycles. The SMILES string of the molecule is CCCNC(=O)c1cccc(NC(=O)C2CCCC2O)c1. The van der Waals surface area contributed by atoms with E-state index >= 15 is 0 Å². The number of benzene rings is 1. The summed E-state index contributed by atoms with van der Waals surface area (Å²) in [7, 11) is 0. The monoisotopic (exact) mass is 290 g/mol. The van der Waals surface area contributed by atoms with Gasteiger partial charge in [-0.2, -0.15) is 0 Å². The summed E-state index contributed by atoms with van der Waals surface area (Å²) in [5.74, 6) is -0.664. The minimum atomic E-state index is -0.555. The molecule has 1 fully saturated rings. The van der Waals surface area contributed by atoms with E-state index < -0.39 is 6.10 Å². The third-order valence-corrected chi connectivity index (χ3v) is 3.74. The topological polar surface area (TPSA) is 78.4 Å². The number of rotatable bonds is 5. The van der Waals surface area contributed by atoms with Crippen LogP contribution in [0.4, 0.5) is 5.69 Å². The van der Waals surface area contributed by atoms with Gasteiger partial charge in [0.2, 0.25) is 5.91 Å². The van der Waals surface area contributed by atoms with Crippen LogP contribution in [-0.4, -0.2) is 29.6 Å². The third kappa shape index (κ3) is 4.04. The van der Waals surface area contributed by atoms with Crippen molar-refractivity contribution in [1.29, 1.82) is 0 Å². The lowest BCUT2D eigenvalue weighted by Gasteiger charge is -2.14. The summed E-state index contributed by atoms with van der Waals surface area (Å²) in [5.41, 5.74) is 1.11. The van der Waals surface area contributed by atoms with Crippen molar-refractivity contribution in [2.24, 2.45) is 5.92 Å². The van der Waals surface area contributed by atoms with Crippen LogP contribution in [0, 0.1) is 5.92 Å². The van der Waals surface area contributed by atoms with Crippen molar-refractivity contribution in [2.75, 3.05) is 11.9 Å². The molecule has 0 saturated heterocycles. The predicted molar refractivity (Wildman–Crippen MR) is 81.0 cm³/mol. The molecule has 0 spiro atoms. The Hall–Kier alpha value is -1.88. The highest BCUT2D eigenvalue weighted by atomic mass is 16.3. The Bertz CT molecular complexity index is 516. The summed E-state index contributed by atoms with van der Waals surface area (Å²) in [5, 5.41) is 15.3. The van der Waals surface area contributed by atoms with Crippen molar-refractivity contribution < 1.29 is 14.7 Å². The predicted octanol–water partition coefficient (Wildman–Crippen LogP) is 1.93. The number of carbonyl (C=O) groups is 2. The molecule has 2 amide bonds. The summed E-state index contributed by atoms with van der Waals surface area (Å²) in [4.78, 5) is 24.0. The largest absolute Gasteiger partial charge is 0.392 e. The Morgan fingerprint density at radius 2 is 2.14 bits per heavy atom. The summed E-state index contributed by atoms with van der Waals surface area (Å²) >= 11 is 0. The summed E-state index contributed by atoms with van der Waals surface area (Å²) in [6.45, 7) is 2.62. The van der Waals surface area contributed by atoms with Crippen LogP contribution in [-0.2, 0) is 4.79 Å². The van der Waals surface area contributed by atoms with Crippen LogP contribution < -0.4 is 10.6 Å². The van der Waals surface area contributed by atoms with Crippen LogP contribution in [0.5, 0.6) is 0 Å². The van der Waals surface area contributed by atoms with Crippen molar-refractivity contribution in [3.63, 3.8) is 0 Å². The van der Waals surface area contributed by atoms with Crippen LogP contribution in [0.15, 0.2) is 24.3 Å². The lowest BCUT2D eigenvalue weighted by molar-refractivity contribution is -0.122. The lowest BCUT2D eigenvalue weighted by atomic mass is 10.0. The molecule has 5 heteroatoms. The number of anilines is 1. The van der Waals surface area contributed by atoms with E-state index in [9.17, 15) is 14.7 Å². The second-order valence-electron chi connectivity index (χ2n) is 5.43. The standard InChI is InChI=1S/C16H22N2O3/c1-2-9-17-15(20)11-5-3-6-12(10-11)18-16(21)13-7-4-8-14(13)19/h3,5-6,10,13-14,19H,2,4,7-9H2,1H3,(H,17,20)(H,18,21). The molecule has 2 rings (SSSR count). The van der Waals surface area contributed by atoms with Crippen molar-refractivity contribution in [3.05, 3.63) is 29.8 Å². The molecule has 1 aromatic rings. The molecule has 3 N–H and O–H groups in total. The van der Waals surface area contributed by atoms with Gasteiger partial charge in [0.05, 0.1) is 12.0 Å². The van der Waals surface area contributed by atoms with E-state index in [0.29, 0.717) is 30.6 Å². The fourth-order valence-corrected chi connectivity index (χ4v) is 2.56. The highest BCUT2D eigenvalue weighted by Gasteiger charge is 2.31. The van der Waals surface area contributed by atoms with Crippen LogP contribution in [0.1, 0.15) is 43.0 Å². The fraction of sp³-hybridized carbons (Fsp3) is 0.500. The number of hydrogen-bond donors (Lipinski definition) is 3. The number of carbonyl (C=O) groups excluding carboxylic acids is 2. The van der Waals surface area contributed by atoms with E-state index in [4.69, 9.17) is 0 Å². The maximum Gasteiger partial charge on any atom is 0.251 e. The first kappa shape index (κ1) is 15.5. The van der Waals surface area contributed by atoms with Crippen molar-refractivity contribution in [1.82, 2.24) is 5.32 Å². The van der Waals surface area contributed by atoms with Crippen LogP contribution in [0.2, 0.25) is 0 Å². The van der Waals surface area contributed by atoms with Gasteiger partial charge in [0, 0.05) is 17.8 Å². The van der Waals surface area contributed by atoms with Gasteiger partial charge in [0.25, 0.3) is 5.91 Å². The Labute approximate surface area is 124 Å². The van der Waals surface area contributed by atoms with Crippen molar-refractivity contribution >= 4 is 17.5 Å². The van der Waals surface area contributed by atoms with Crippen LogP contribution in [0.3, 0.4) is 0 Å². The van der Waals surface area contributed by atoms with Gasteiger partial charge < -0.3 is 15.7 Å². The third-order valence-electron chi connectivity index (χ3n) is 3.74. The molecule has 2 atom stereocenters. The van der Waals surface area contributed by atoms with Gasteiger partial charge in [-0.3, -0.25) is 9.59 Å². The van der Waals surface area contributed by atoms with Gasteiger partial charge in [-0.05, 0) is 43.9 Å². The molecular formula is C16H22N2O3. The Morgan fingerprint density at radius 1 is 1.33 bits per heavy atom. The molecule has 5 nitrogen and oxygen atoms in total. The van der Waals surface area contributed by atoms with E-state index in [1.807, 2.05) is 6.92 Å². The minimum absolute atomic E-state index is 0.145. The highest BCUT2D eigenvalue weighted by molar-refractivity contribution is 5.97. The zero-order valence-corrected chi connectivity index (χ0v) is 12.3. The van der Waals surface area contributed by atoms with Gasteiger partial charge in [-0.15, -0.1) is 0 Å². The molecule has 0 radical (unpaired) electrons. The number of aliphatic hydroxyl groups is 1. The Morgan fingerprint density at radius 3 is 2.81 bits per heavy atom. The Balaban J connectivity index is 2.00. The first-order valence-corrected chi connectivity index (χ1v) is 7.49. The average Bonchev–Trinajstić information content (AvgIpc) is 2.91. The molecule has 0 aliphatic heterocycles. The normalized spacial score (nSPS) is 21.0. The molecule has 0 aromatic heterocycles. The summed E-state index contributed by atoms with van der Waals surface area (Å²) in [6, 6.07) is 6.85. The minimum Gasteiger partial charge on any atom is -0.392 e. The van der Waals surface area contributed by atoms with Gasteiger partial charge in [-0.25, -0.2) is 0 Å². The van der Waals surface area contributed by atoms with Gasteiger partial charge in [-0.1, -0.05) is 13.0 Å². The molecule has 0 bridgehead atoms. The molecule has 1 aliphatic carbocycles. The van der Waals surface area contributed by atoms with Crippen molar-refractivity contribution in [2.45, 2.75) is 38.7 Å². The second kappa shape index (κ2) is 7.22. The maximum atomic E-state index is 12.1. The molecule has 21 heavy (non-hydrogen) atoms. The van der Waals surface area contributed by atoms with E-state index in [2.05, 4.69) is 10.6 Å². The van der Waals surface area contributed by atoms with Gasteiger partial charge in [0.15, 0.2) is 0 Å². The number of hydrogen-bond acceptors (Lipinski definition) is 3. The van der Waals surface area contributed by atoms with Crippen LogP contribution in [0.25, 0.3) is 0 Å². The zero-order chi connectivity index (χ0) is 15.2. The molecule has 2 unspecified atom stereocenters. The van der Waals surface area contributed by atoms with E-state index in [0.717, 1.165) is 12.8 Å². The van der Waals surface area contributed by atoms with Gasteiger partial charge in [0.1, 0.15) is 0 Å². The number of amides is 2. The van der Waals surface area contributed by atoms with E-state index in [-0.39, 0.29) is 17.7 Å². The lowest BCUT2D eigenvalue weighted by Crippen LogP contribution is -2.29. The first-order chi connectivity index (χ1) is 10.1. The summed E-state index contributed by atoms with van der Waals surface area (Å²) < 4.78 is 0. The molecule has 114 valence electrons. The van der Waals surface area contributed by atoms with Crippen LogP contribution >= 0.6 is 0 Å². The number of nitrogens with one attached hydrogen (secondary N) is 2. The molecule has 1 saturated carbocycles. The number of aliphatic hydroxyl groups excluding tert-OH is 1. The average molecular weight is 290 g/mol. The second-order valence-corrected chi connectivity index (χ2v) is 5.43. The Kier molecular flexibility index (Phi) is 5.33. The van der Waals surface area contributed by atoms with Crippen molar-refractivity contribution in [3.8, 4) is 0 Å². The first-order valence-electron chi connectivity index (χ1n) is 7.49. The highest BCUT2D eigenvalue weighted by Crippen LogP contribution is 2.26. The smallest absolute Gasteiger partial charge is 0.251 e. The fourth-order valence-electron chi connectivity index (χ4n) is 2.56.